The number of halogens is 1. The molecule has 0 saturated carbocycles. The van der Waals surface area contributed by atoms with Gasteiger partial charge < -0.3 is 19.9 Å². The Morgan fingerprint density at radius 2 is 2.00 bits per heavy atom. The molecular weight excluding hydrogens is 274 g/mol. The molecule has 0 aliphatic rings. The van der Waals surface area contributed by atoms with E-state index in [2.05, 4.69) is 10.1 Å². The van der Waals surface area contributed by atoms with Crippen LogP contribution in [0.5, 0.6) is 0 Å². The molecule has 2 N–H and O–H groups in total. The highest BCUT2D eigenvalue weighted by molar-refractivity contribution is 6.30. The lowest BCUT2D eigenvalue weighted by molar-refractivity contribution is 0.0260. The van der Waals surface area contributed by atoms with E-state index in [0.717, 1.165) is 0 Å². The molecule has 1 rings (SSSR count). The predicted octanol–water partition coefficient (Wildman–Crippen LogP) is 1.21. The summed E-state index contributed by atoms with van der Waals surface area (Å²) in [4.78, 5) is 22.3. The molecule has 1 aromatic carbocycles. The van der Waals surface area contributed by atoms with Crippen molar-refractivity contribution in [1.29, 1.82) is 0 Å². The molecule has 0 spiro atoms. The fourth-order valence-corrected chi connectivity index (χ4v) is 1.30. The number of methoxy groups -OCH3 is 1. The average molecular weight is 288 g/mol. The van der Waals surface area contributed by atoms with Gasteiger partial charge in [-0.15, -0.1) is 0 Å². The minimum absolute atomic E-state index is 0.0689. The Morgan fingerprint density at radius 1 is 1.37 bits per heavy atom. The highest BCUT2D eigenvalue weighted by Gasteiger charge is 2.12. The fraction of sp³-hybridized carbons (Fsp3) is 0.333. The van der Waals surface area contributed by atoms with Gasteiger partial charge in [-0.2, -0.15) is 0 Å². The number of benzene rings is 1. The van der Waals surface area contributed by atoms with Gasteiger partial charge >= 0.3 is 12.1 Å². The van der Waals surface area contributed by atoms with Crippen molar-refractivity contribution in [3.63, 3.8) is 0 Å². The highest BCUT2D eigenvalue weighted by Crippen LogP contribution is 2.10. The zero-order chi connectivity index (χ0) is 14.3. The number of rotatable bonds is 5. The number of aliphatic hydroxyl groups is 1. The zero-order valence-corrected chi connectivity index (χ0v) is 11.0. The van der Waals surface area contributed by atoms with Crippen molar-refractivity contribution < 1.29 is 24.2 Å². The number of carbonyl (C=O) groups is 2. The van der Waals surface area contributed by atoms with Gasteiger partial charge in [-0.25, -0.2) is 9.59 Å². The summed E-state index contributed by atoms with van der Waals surface area (Å²) in [6.45, 7) is -0.300. The van der Waals surface area contributed by atoms with Crippen LogP contribution >= 0.6 is 11.6 Å². The van der Waals surface area contributed by atoms with Gasteiger partial charge in [0, 0.05) is 5.02 Å². The molecule has 104 valence electrons. The Labute approximate surface area is 115 Å². The number of nitrogens with one attached hydrogen (secondary N) is 1. The highest BCUT2D eigenvalue weighted by atomic mass is 35.5. The third-order valence-electron chi connectivity index (χ3n) is 2.15. The van der Waals surface area contributed by atoms with Gasteiger partial charge in [-0.05, 0) is 24.3 Å². The SMILES string of the molecule is COC(=O)NCC(O)COC(=O)c1ccc(Cl)cc1. The summed E-state index contributed by atoms with van der Waals surface area (Å²) < 4.78 is 9.20. The second kappa shape index (κ2) is 7.60. The molecule has 1 aromatic rings. The molecule has 0 radical (unpaired) electrons. The zero-order valence-electron chi connectivity index (χ0n) is 10.3. The van der Waals surface area contributed by atoms with Crippen LogP contribution in [0.25, 0.3) is 0 Å². The Bertz CT molecular complexity index is 434. The first kappa shape index (κ1) is 15.3. The second-order valence-corrected chi connectivity index (χ2v) is 4.07. The predicted molar refractivity (Wildman–Crippen MR) is 68.1 cm³/mol. The van der Waals surface area contributed by atoms with Crippen LogP contribution in [0.4, 0.5) is 4.79 Å². The van der Waals surface area contributed by atoms with E-state index in [-0.39, 0.29) is 13.2 Å². The van der Waals surface area contributed by atoms with Crippen LogP contribution in [-0.2, 0) is 9.47 Å². The summed E-state index contributed by atoms with van der Waals surface area (Å²) in [6.07, 6.45) is -1.67. The smallest absolute Gasteiger partial charge is 0.406 e. The molecule has 1 unspecified atom stereocenters. The summed E-state index contributed by atoms with van der Waals surface area (Å²) in [6, 6.07) is 6.16. The fourth-order valence-electron chi connectivity index (χ4n) is 1.17. The van der Waals surface area contributed by atoms with Crippen LogP contribution in [0.15, 0.2) is 24.3 Å². The molecule has 1 amide bonds. The lowest BCUT2D eigenvalue weighted by atomic mass is 10.2. The van der Waals surface area contributed by atoms with Gasteiger partial charge in [0.2, 0.25) is 0 Å². The summed E-state index contributed by atoms with van der Waals surface area (Å²) in [5.74, 6) is -0.575. The molecule has 0 saturated heterocycles. The largest absolute Gasteiger partial charge is 0.459 e. The molecule has 19 heavy (non-hydrogen) atoms. The topological polar surface area (TPSA) is 84.9 Å². The van der Waals surface area contributed by atoms with Crippen molar-refractivity contribution in [2.45, 2.75) is 6.10 Å². The van der Waals surface area contributed by atoms with E-state index in [9.17, 15) is 14.7 Å². The lowest BCUT2D eigenvalue weighted by Crippen LogP contribution is -2.34. The van der Waals surface area contributed by atoms with E-state index in [1.54, 1.807) is 12.1 Å². The first-order valence-electron chi connectivity index (χ1n) is 5.45. The third-order valence-corrected chi connectivity index (χ3v) is 2.41. The van der Waals surface area contributed by atoms with E-state index < -0.39 is 18.2 Å². The van der Waals surface area contributed by atoms with Crippen molar-refractivity contribution in [2.24, 2.45) is 0 Å². The molecule has 0 bridgehead atoms. The molecule has 1 atom stereocenters. The van der Waals surface area contributed by atoms with Gasteiger partial charge in [0.1, 0.15) is 12.7 Å². The number of aliphatic hydroxyl groups excluding tert-OH is 1. The maximum absolute atomic E-state index is 11.6. The van der Waals surface area contributed by atoms with E-state index >= 15 is 0 Å². The number of hydrogen-bond donors (Lipinski definition) is 2. The van der Waals surface area contributed by atoms with Gasteiger partial charge in [-0.1, -0.05) is 11.6 Å². The Morgan fingerprint density at radius 3 is 2.58 bits per heavy atom. The van der Waals surface area contributed by atoms with Crippen LogP contribution in [0, 0.1) is 0 Å². The van der Waals surface area contributed by atoms with E-state index in [1.165, 1.54) is 19.2 Å². The summed E-state index contributed by atoms with van der Waals surface area (Å²) in [5.41, 5.74) is 0.331. The summed E-state index contributed by atoms with van der Waals surface area (Å²) in [5, 5.41) is 12.3. The Kier molecular flexibility index (Phi) is 6.11. The molecule has 0 aromatic heterocycles. The molecular formula is C12H14ClNO5. The molecule has 7 heteroatoms. The van der Waals surface area contributed by atoms with Crippen LogP contribution in [0.1, 0.15) is 10.4 Å². The van der Waals surface area contributed by atoms with Gasteiger partial charge in [-0.3, -0.25) is 0 Å². The van der Waals surface area contributed by atoms with E-state index in [4.69, 9.17) is 16.3 Å². The molecule has 0 fully saturated rings. The summed E-state index contributed by atoms with van der Waals surface area (Å²) >= 11 is 5.68. The molecule has 0 aliphatic heterocycles. The van der Waals surface area contributed by atoms with E-state index in [0.29, 0.717) is 10.6 Å². The summed E-state index contributed by atoms with van der Waals surface area (Å²) in [7, 11) is 1.21. The Balaban J connectivity index is 2.33. The van der Waals surface area contributed by atoms with Gasteiger partial charge in [0.15, 0.2) is 0 Å². The third kappa shape index (κ3) is 5.58. The molecule has 0 heterocycles. The Hall–Kier alpha value is -1.79. The first-order valence-corrected chi connectivity index (χ1v) is 5.83. The van der Waals surface area contributed by atoms with E-state index in [1.807, 2.05) is 0 Å². The minimum atomic E-state index is -1.00. The van der Waals surface area contributed by atoms with Crippen molar-refractivity contribution >= 4 is 23.7 Å². The number of ether oxygens (including phenoxy) is 2. The number of alkyl carbamates (subject to hydrolysis) is 1. The van der Waals surface area contributed by atoms with Gasteiger partial charge in [0.25, 0.3) is 0 Å². The maximum Gasteiger partial charge on any atom is 0.406 e. The van der Waals surface area contributed by atoms with Crippen LogP contribution in [-0.4, -0.2) is 43.5 Å². The number of amides is 1. The maximum atomic E-state index is 11.6. The quantitative estimate of drug-likeness (QED) is 0.795. The second-order valence-electron chi connectivity index (χ2n) is 3.63. The first-order chi connectivity index (χ1) is 9.02. The average Bonchev–Trinajstić information content (AvgIpc) is 2.42. The number of esters is 1. The number of carbonyl (C=O) groups excluding carboxylic acids is 2. The van der Waals surface area contributed by atoms with Crippen molar-refractivity contribution in [1.82, 2.24) is 5.32 Å². The van der Waals surface area contributed by atoms with Crippen LogP contribution in [0.2, 0.25) is 5.02 Å². The monoisotopic (exact) mass is 287 g/mol. The van der Waals surface area contributed by atoms with Gasteiger partial charge in [0.05, 0.1) is 19.2 Å². The molecule has 6 nitrogen and oxygen atoms in total. The normalized spacial score (nSPS) is 11.5. The standard InChI is InChI=1S/C12H14ClNO5/c1-18-12(17)14-6-10(15)7-19-11(16)8-2-4-9(13)5-3-8/h2-5,10,15H,6-7H2,1H3,(H,14,17). The minimum Gasteiger partial charge on any atom is -0.459 e. The number of hydrogen-bond acceptors (Lipinski definition) is 5. The lowest BCUT2D eigenvalue weighted by Gasteiger charge is -2.11. The van der Waals surface area contributed by atoms with Crippen molar-refractivity contribution in [2.75, 3.05) is 20.3 Å². The van der Waals surface area contributed by atoms with Crippen LogP contribution < -0.4 is 5.32 Å². The molecule has 0 aliphatic carbocycles. The van der Waals surface area contributed by atoms with Crippen molar-refractivity contribution in [3.05, 3.63) is 34.9 Å². The van der Waals surface area contributed by atoms with Crippen LogP contribution in [0.3, 0.4) is 0 Å². The van der Waals surface area contributed by atoms with Crippen molar-refractivity contribution in [3.8, 4) is 0 Å².